The second-order valence-electron chi connectivity index (χ2n) is 6.95. The summed E-state index contributed by atoms with van der Waals surface area (Å²) in [5.74, 6) is -5.26. The maximum Gasteiger partial charge on any atom is 0.490 e. The lowest BCUT2D eigenvalue weighted by atomic mass is 10.1. The Kier molecular flexibility index (Phi) is 11.7. The molecule has 1 aromatic carbocycles. The van der Waals surface area contributed by atoms with E-state index in [9.17, 15) is 31.5 Å². The molecule has 0 spiro atoms. The van der Waals surface area contributed by atoms with Crippen molar-refractivity contribution in [3.05, 3.63) is 35.4 Å². The highest BCUT2D eigenvalue weighted by molar-refractivity contribution is 5.94. The highest BCUT2D eigenvalue weighted by Crippen LogP contribution is 2.13. The quantitative estimate of drug-likeness (QED) is 0.433. The molecule has 1 aliphatic rings. The van der Waals surface area contributed by atoms with Gasteiger partial charge in [0.1, 0.15) is 0 Å². The molecule has 0 unspecified atom stereocenters. The molecule has 1 aromatic rings. The van der Waals surface area contributed by atoms with Crippen molar-refractivity contribution < 1.29 is 46.2 Å². The monoisotopic (exact) mass is 483 g/mol. The number of nitrogens with zero attached hydrogens (tertiary/aromatic N) is 2. The number of rotatable bonds is 8. The molecule has 2 rings (SSSR count). The molecular formula is C20H26F5N3O5. The number of nitrogens with one attached hydrogen (secondary N) is 1. The summed E-state index contributed by atoms with van der Waals surface area (Å²) in [5.41, 5.74) is 0.0657. The van der Waals surface area contributed by atoms with Crippen molar-refractivity contribution in [2.24, 2.45) is 0 Å². The largest absolute Gasteiger partial charge is 0.490 e. The molecule has 1 saturated heterocycles. The van der Waals surface area contributed by atoms with Gasteiger partial charge < -0.3 is 25.0 Å². The normalized spacial score (nSPS) is 13.7. The fourth-order valence-corrected chi connectivity index (χ4v) is 2.83. The van der Waals surface area contributed by atoms with Crippen LogP contribution in [0.25, 0.3) is 0 Å². The average Bonchev–Trinajstić information content (AvgIpc) is 2.77. The zero-order chi connectivity index (χ0) is 25.0. The first-order chi connectivity index (χ1) is 15.5. The summed E-state index contributed by atoms with van der Waals surface area (Å²) >= 11 is 0. The molecule has 0 aromatic heterocycles. The summed E-state index contributed by atoms with van der Waals surface area (Å²) < 4.78 is 63.3. The van der Waals surface area contributed by atoms with E-state index < -0.39 is 29.7 Å². The number of aliphatic carboxylic acids is 1. The minimum Gasteiger partial charge on any atom is -0.475 e. The fourth-order valence-electron chi connectivity index (χ4n) is 2.83. The second-order valence-corrected chi connectivity index (χ2v) is 6.95. The van der Waals surface area contributed by atoms with E-state index in [-0.39, 0.29) is 24.4 Å². The minimum atomic E-state index is -5.08. The van der Waals surface area contributed by atoms with Gasteiger partial charge in [0.15, 0.2) is 11.6 Å². The number of amides is 2. The van der Waals surface area contributed by atoms with Crippen LogP contribution in [-0.2, 0) is 14.3 Å². The Hall–Kier alpha value is -2.80. The van der Waals surface area contributed by atoms with Crippen molar-refractivity contribution in [1.29, 1.82) is 0 Å². The van der Waals surface area contributed by atoms with E-state index in [4.69, 9.17) is 14.6 Å². The van der Waals surface area contributed by atoms with E-state index in [1.165, 1.54) is 11.0 Å². The Morgan fingerprint density at radius 2 is 1.73 bits per heavy atom. The lowest BCUT2D eigenvalue weighted by molar-refractivity contribution is -0.192. The zero-order valence-corrected chi connectivity index (χ0v) is 18.0. The second kappa shape index (κ2) is 13.7. The van der Waals surface area contributed by atoms with E-state index in [0.29, 0.717) is 32.7 Å². The first kappa shape index (κ1) is 28.2. The van der Waals surface area contributed by atoms with Crippen molar-refractivity contribution >= 4 is 17.8 Å². The van der Waals surface area contributed by atoms with Crippen molar-refractivity contribution in [2.75, 3.05) is 53.0 Å². The average molecular weight is 483 g/mol. The van der Waals surface area contributed by atoms with Gasteiger partial charge in [-0.25, -0.2) is 13.6 Å². The first-order valence-corrected chi connectivity index (χ1v) is 9.99. The number of alkyl halides is 3. The Labute approximate surface area is 187 Å². The SMILES string of the molecule is COCCCN(CCC(=O)N1CCNCC1)C(=O)c1ccc(F)c(F)c1.O=C(O)C(F)(F)F. The van der Waals surface area contributed by atoms with E-state index in [1.54, 1.807) is 12.0 Å². The number of carbonyl (C=O) groups is 3. The van der Waals surface area contributed by atoms with Crippen LogP contribution < -0.4 is 5.32 Å². The van der Waals surface area contributed by atoms with Gasteiger partial charge in [0.25, 0.3) is 5.91 Å². The highest BCUT2D eigenvalue weighted by atomic mass is 19.4. The Morgan fingerprint density at radius 3 is 2.24 bits per heavy atom. The fraction of sp³-hybridized carbons (Fsp3) is 0.550. The number of piperazine rings is 1. The Morgan fingerprint density at radius 1 is 1.12 bits per heavy atom. The third-order valence-corrected chi connectivity index (χ3v) is 4.54. The topological polar surface area (TPSA) is 99.2 Å². The molecule has 1 heterocycles. The summed E-state index contributed by atoms with van der Waals surface area (Å²) in [7, 11) is 1.56. The summed E-state index contributed by atoms with van der Waals surface area (Å²) in [4.78, 5) is 37.1. The molecule has 1 aliphatic heterocycles. The van der Waals surface area contributed by atoms with Crippen LogP contribution in [0.1, 0.15) is 23.2 Å². The summed E-state index contributed by atoms with van der Waals surface area (Å²) in [5, 5.41) is 10.3. The van der Waals surface area contributed by atoms with Gasteiger partial charge in [-0.3, -0.25) is 9.59 Å². The van der Waals surface area contributed by atoms with E-state index in [0.717, 1.165) is 25.2 Å². The summed E-state index contributed by atoms with van der Waals surface area (Å²) in [6.07, 6.45) is -4.30. The van der Waals surface area contributed by atoms with Gasteiger partial charge in [0.05, 0.1) is 0 Å². The van der Waals surface area contributed by atoms with Gasteiger partial charge in [0.2, 0.25) is 5.91 Å². The molecule has 186 valence electrons. The van der Waals surface area contributed by atoms with E-state index >= 15 is 0 Å². The molecular weight excluding hydrogens is 457 g/mol. The molecule has 0 radical (unpaired) electrons. The predicted octanol–water partition coefficient (Wildman–Crippen LogP) is 1.90. The van der Waals surface area contributed by atoms with Crippen LogP contribution in [-0.4, -0.2) is 91.9 Å². The highest BCUT2D eigenvalue weighted by Gasteiger charge is 2.38. The third kappa shape index (κ3) is 10.1. The molecule has 0 aliphatic carbocycles. The number of carboxylic acid groups (broad SMARTS) is 1. The van der Waals surface area contributed by atoms with Crippen molar-refractivity contribution in [2.45, 2.75) is 19.0 Å². The molecule has 0 bridgehead atoms. The molecule has 0 atom stereocenters. The molecule has 2 N–H and O–H groups in total. The maximum absolute atomic E-state index is 13.4. The smallest absolute Gasteiger partial charge is 0.475 e. The summed E-state index contributed by atoms with van der Waals surface area (Å²) in [6.45, 7) is 3.89. The van der Waals surface area contributed by atoms with Crippen LogP contribution >= 0.6 is 0 Å². The number of carbonyl (C=O) groups excluding carboxylic acids is 2. The standard InChI is InChI=1S/C18H25F2N3O3.C2HF3O2/c1-26-12-2-8-23(9-5-17(24)22-10-6-21-7-11-22)18(25)14-3-4-15(19)16(20)13-14;3-2(4,5)1(6)7/h3-4,13,21H,2,5-12H2,1H3;(H,6,7). The van der Waals surface area contributed by atoms with Crippen LogP contribution in [0, 0.1) is 11.6 Å². The van der Waals surface area contributed by atoms with Crippen LogP contribution in [0.5, 0.6) is 0 Å². The number of carboxylic acids is 1. The Balaban J connectivity index is 0.000000675. The van der Waals surface area contributed by atoms with Gasteiger partial charge in [-0.1, -0.05) is 0 Å². The summed E-state index contributed by atoms with van der Waals surface area (Å²) in [6, 6.07) is 3.07. The molecule has 1 fully saturated rings. The van der Waals surface area contributed by atoms with Gasteiger partial charge >= 0.3 is 12.1 Å². The van der Waals surface area contributed by atoms with Crippen molar-refractivity contribution in [1.82, 2.24) is 15.1 Å². The van der Waals surface area contributed by atoms with Crippen LogP contribution in [0.15, 0.2) is 18.2 Å². The third-order valence-electron chi connectivity index (χ3n) is 4.54. The van der Waals surface area contributed by atoms with Crippen LogP contribution in [0.2, 0.25) is 0 Å². The zero-order valence-electron chi connectivity index (χ0n) is 18.0. The molecule has 33 heavy (non-hydrogen) atoms. The van der Waals surface area contributed by atoms with Gasteiger partial charge in [0, 0.05) is 65.0 Å². The minimum absolute atomic E-state index is 0.0127. The van der Waals surface area contributed by atoms with Crippen molar-refractivity contribution in [3.63, 3.8) is 0 Å². The maximum atomic E-state index is 13.4. The lowest BCUT2D eigenvalue weighted by Gasteiger charge is -2.29. The molecule has 2 amide bonds. The van der Waals surface area contributed by atoms with Crippen molar-refractivity contribution in [3.8, 4) is 0 Å². The van der Waals surface area contributed by atoms with Gasteiger partial charge in [-0.2, -0.15) is 13.2 Å². The Bertz CT molecular complexity index is 801. The van der Waals surface area contributed by atoms with Crippen LogP contribution in [0.3, 0.4) is 0 Å². The molecule has 8 nitrogen and oxygen atoms in total. The number of hydrogen-bond donors (Lipinski definition) is 2. The first-order valence-electron chi connectivity index (χ1n) is 9.99. The predicted molar refractivity (Wildman–Crippen MR) is 107 cm³/mol. The van der Waals surface area contributed by atoms with Gasteiger partial charge in [-0.05, 0) is 24.6 Å². The molecule has 13 heteroatoms. The number of halogens is 5. The van der Waals surface area contributed by atoms with E-state index in [2.05, 4.69) is 5.32 Å². The lowest BCUT2D eigenvalue weighted by Crippen LogP contribution is -2.47. The molecule has 0 saturated carbocycles. The van der Waals surface area contributed by atoms with E-state index in [1.807, 2.05) is 0 Å². The van der Waals surface area contributed by atoms with Crippen LogP contribution in [0.4, 0.5) is 22.0 Å². The number of benzene rings is 1. The number of hydrogen-bond acceptors (Lipinski definition) is 5. The number of ether oxygens (including phenoxy) is 1. The van der Waals surface area contributed by atoms with Gasteiger partial charge in [-0.15, -0.1) is 0 Å². The number of methoxy groups -OCH3 is 1.